The van der Waals surface area contributed by atoms with Gasteiger partial charge in [0.1, 0.15) is 0 Å². The van der Waals surface area contributed by atoms with Crippen LogP contribution in [0.25, 0.3) is 0 Å². The second-order valence-electron chi connectivity index (χ2n) is 3.93. The summed E-state index contributed by atoms with van der Waals surface area (Å²) in [5.41, 5.74) is 2.48. The Kier molecular flexibility index (Phi) is 3.97. The quantitative estimate of drug-likeness (QED) is 0.860. The predicted molar refractivity (Wildman–Crippen MR) is 75.0 cm³/mol. The summed E-state index contributed by atoms with van der Waals surface area (Å²) >= 11 is 0. The van der Waals surface area contributed by atoms with E-state index in [2.05, 4.69) is 10.6 Å². The number of rotatable bonds is 4. The van der Waals surface area contributed by atoms with E-state index in [1.54, 1.807) is 0 Å². The molecule has 0 saturated carbocycles. The number of carbonyl (C=O) groups is 1. The van der Waals surface area contributed by atoms with Gasteiger partial charge in [-0.15, -0.1) is 0 Å². The number of amides is 1. The van der Waals surface area contributed by atoms with Crippen LogP contribution < -0.4 is 10.6 Å². The molecule has 2 N–H and O–H groups in total. The van der Waals surface area contributed by atoms with Crippen LogP contribution >= 0.6 is 0 Å². The van der Waals surface area contributed by atoms with Gasteiger partial charge in [-0.1, -0.05) is 18.2 Å². The molecule has 1 amide bonds. The van der Waals surface area contributed by atoms with E-state index in [0.29, 0.717) is 5.56 Å². The van der Waals surface area contributed by atoms with Gasteiger partial charge in [-0.05, 0) is 43.3 Å². The van der Waals surface area contributed by atoms with E-state index in [-0.39, 0.29) is 5.91 Å². The normalized spacial score (nSPS) is 9.83. The van der Waals surface area contributed by atoms with E-state index in [0.717, 1.165) is 17.9 Å². The zero-order chi connectivity index (χ0) is 12.8. The topological polar surface area (TPSA) is 41.1 Å². The van der Waals surface area contributed by atoms with Crippen molar-refractivity contribution < 1.29 is 4.79 Å². The Labute approximate surface area is 107 Å². The second kappa shape index (κ2) is 5.87. The molecule has 0 aromatic heterocycles. The van der Waals surface area contributed by atoms with E-state index in [1.807, 2.05) is 61.5 Å². The SMILES string of the molecule is CCNc1ccc(C(=O)Nc2ccccc2)cc1. The molecule has 18 heavy (non-hydrogen) atoms. The van der Waals surface area contributed by atoms with Gasteiger partial charge in [0.25, 0.3) is 5.91 Å². The van der Waals surface area contributed by atoms with Crippen molar-refractivity contribution in [1.82, 2.24) is 0 Å². The van der Waals surface area contributed by atoms with Gasteiger partial charge in [-0.25, -0.2) is 0 Å². The van der Waals surface area contributed by atoms with Crippen molar-refractivity contribution in [2.75, 3.05) is 17.2 Å². The maximum Gasteiger partial charge on any atom is 0.255 e. The summed E-state index contributed by atoms with van der Waals surface area (Å²) in [5, 5.41) is 6.04. The van der Waals surface area contributed by atoms with Crippen molar-refractivity contribution >= 4 is 17.3 Å². The Balaban J connectivity index is 2.05. The lowest BCUT2D eigenvalue weighted by molar-refractivity contribution is 0.102. The predicted octanol–water partition coefficient (Wildman–Crippen LogP) is 3.37. The summed E-state index contributed by atoms with van der Waals surface area (Å²) in [5.74, 6) is -0.0933. The lowest BCUT2D eigenvalue weighted by Crippen LogP contribution is -2.11. The molecule has 0 aliphatic rings. The van der Waals surface area contributed by atoms with Crippen LogP contribution in [0.5, 0.6) is 0 Å². The van der Waals surface area contributed by atoms with E-state index >= 15 is 0 Å². The fourth-order valence-electron chi connectivity index (χ4n) is 1.67. The molecule has 0 aliphatic carbocycles. The van der Waals surface area contributed by atoms with Gasteiger partial charge in [0.2, 0.25) is 0 Å². The van der Waals surface area contributed by atoms with Crippen LogP contribution in [0.4, 0.5) is 11.4 Å². The molecule has 0 heterocycles. The molecule has 3 nitrogen and oxygen atoms in total. The molecule has 0 saturated heterocycles. The number of para-hydroxylation sites is 1. The van der Waals surface area contributed by atoms with Crippen LogP contribution in [0.2, 0.25) is 0 Å². The van der Waals surface area contributed by atoms with Crippen molar-refractivity contribution in [2.24, 2.45) is 0 Å². The maximum atomic E-state index is 12.0. The van der Waals surface area contributed by atoms with Crippen molar-refractivity contribution in [2.45, 2.75) is 6.92 Å². The van der Waals surface area contributed by atoms with Crippen LogP contribution in [0.3, 0.4) is 0 Å². The van der Waals surface area contributed by atoms with Crippen molar-refractivity contribution in [3.63, 3.8) is 0 Å². The van der Waals surface area contributed by atoms with Gasteiger partial charge in [-0.3, -0.25) is 4.79 Å². The molecule has 2 aromatic rings. The first kappa shape index (κ1) is 12.2. The number of anilines is 2. The van der Waals surface area contributed by atoms with Crippen LogP contribution in [-0.4, -0.2) is 12.5 Å². The third kappa shape index (κ3) is 3.10. The molecule has 0 unspecified atom stereocenters. The summed E-state index contributed by atoms with van der Waals surface area (Å²) in [6.07, 6.45) is 0. The van der Waals surface area contributed by atoms with E-state index < -0.39 is 0 Å². The van der Waals surface area contributed by atoms with Gasteiger partial charge in [0, 0.05) is 23.5 Å². The van der Waals surface area contributed by atoms with E-state index in [1.165, 1.54) is 0 Å². The van der Waals surface area contributed by atoms with Gasteiger partial charge < -0.3 is 10.6 Å². The first-order valence-corrected chi connectivity index (χ1v) is 6.00. The van der Waals surface area contributed by atoms with Gasteiger partial charge >= 0.3 is 0 Å². The monoisotopic (exact) mass is 240 g/mol. The van der Waals surface area contributed by atoms with Gasteiger partial charge in [0.05, 0.1) is 0 Å². The Bertz CT molecular complexity index is 506. The Morgan fingerprint density at radius 2 is 1.61 bits per heavy atom. The van der Waals surface area contributed by atoms with E-state index in [9.17, 15) is 4.79 Å². The first-order valence-electron chi connectivity index (χ1n) is 6.00. The fourth-order valence-corrected chi connectivity index (χ4v) is 1.67. The number of hydrogen-bond acceptors (Lipinski definition) is 2. The summed E-state index contributed by atoms with van der Waals surface area (Å²) in [6, 6.07) is 16.9. The van der Waals surface area contributed by atoms with Crippen molar-refractivity contribution in [1.29, 1.82) is 0 Å². The Morgan fingerprint density at radius 3 is 2.22 bits per heavy atom. The van der Waals surface area contributed by atoms with E-state index in [4.69, 9.17) is 0 Å². The van der Waals surface area contributed by atoms with Gasteiger partial charge in [0.15, 0.2) is 0 Å². The molecule has 0 radical (unpaired) electrons. The number of nitrogens with one attached hydrogen (secondary N) is 2. The molecular weight excluding hydrogens is 224 g/mol. The molecule has 3 heteroatoms. The zero-order valence-electron chi connectivity index (χ0n) is 10.3. The van der Waals surface area contributed by atoms with Crippen LogP contribution in [-0.2, 0) is 0 Å². The number of carbonyl (C=O) groups excluding carboxylic acids is 1. The molecule has 92 valence electrons. The molecule has 0 bridgehead atoms. The minimum atomic E-state index is -0.0933. The average Bonchev–Trinajstić information content (AvgIpc) is 2.41. The average molecular weight is 240 g/mol. The second-order valence-corrected chi connectivity index (χ2v) is 3.93. The highest BCUT2D eigenvalue weighted by Gasteiger charge is 2.05. The molecule has 0 atom stereocenters. The Morgan fingerprint density at radius 1 is 0.944 bits per heavy atom. The van der Waals surface area contributed by atoms with Crippen LogP contribution in [0.15, 0.2) is 54.6 Å². The van der Waals surface area contributed by atoms with Crippen LogP contribution in [0, 0.1) is 0 Å². The highest BCUT2D eigenvalue weighted by atomic mass is 16.1. The fraction of sp³-hybridized carbons (Fsp3) is 0.133. The first-order chi connectivity index (χ1) is 8.79. The number of benzene rings is 2. The summed E-state index contributed by atoms with van der Waals surface area (Å²) in [7, 11) is 0. The third-order valence-electron chi connectivity index (χ3n) is 2.56. The molecular formula is C15H16N2O. The minimum Gasteiger partial charge on any atom is -0.385 e. The summed E-state index contributed by atoms with van der Waals surface area (Å²) < 4.78 is 0. The lowest BCUT2D eigenvalue weighted by Gasteiger charge is -2.06. The molecule has 0 spiro atoms. The number of hydrogen-bond donors (Lipinski definition) is 2. The Hall–Kier alpha value is -2.29. The summed E-state index contributed by atoms with van der Waals surface area (Å²) in [6.45, 7) is 2.91. The lowest BCUT2D eigenvalue weighted by atomic mass is 10.2. The molecule has 2 rings (SSSR count). The third-order valence-corrected chi connectivity index (χ3v) is 2.56. The molecule has 0 aliphatic heterocycles. The zero-order valence-corrected chi connectivity index (χ0v) is 10.3. The highest BCUT2D eigenvalue weighted by Crippen LogP contribution is 2.12. The smallest absolute Gasteiger partial charge is 0.255 e. The molecule has 0 fully saturated rings. The molecule has 2 aromatic carbocycles. The van der Waals surface area contributed by atoms with Crippen molar-refractivity contribution in [3.05, 3.63) is 60.2 Å². The largest absolute Gasteiger partial charge is 0.385 e. The van der Waals surface area contributed by atoms with Crippen LogP contribution in [0.1, 0.15) is 17.3 Å². The highest BCUT2D eigenvalue weighted by molar-refractivity contribution is 6.04. The summed E-state index contributed by atoms with van der Waals surface area (Å²) in [4.78, 5) is 12.0. The standard InChI is InChI=1S/C15H16N2O/c1-2-16-13-10-8-12(9-11-13)15(18)17-14-6-4-3-5-7-14/h3-11,16H,2H2,1H3,(H,17,18). The minimum absolute atomic E-state index is 0.0933. The van der Waals surface area contributed by atoms with Gasteiger partial charge in [-0.2, -0.15) is 0 Å². The van der Waals surface area contributed by atoms with Crippen molar-refractivity contribution in [3.8, 4) is 0 Å². The maximum absolute atomic E-state index is 12.0.